The smallest absolute Gasteiger partial charge is 0.256 e. The van der Waals surface area contributed by atoms with Crippen molar-refractivity contribution in [3.63, 3.8) is 0 Å². The lowest BCUT2D eigenvalue weighted by Gasteiger charge is -2.07. The minimum atomic E-state index is -0.136. The van der Waals surface area contributed by atoms with Gasteiger partial charge in [-0.05, 0) is 35.9 Å². The lowest BCUT2D eigenvalue weighted by molar-refractivity contribution is 0.102. The van der Waals surface area contributed by atoms with E-state index in [1.807, 2.05) is 91.0 Å². The SMILES string of the molecule is O=C(Nc1ccccc1)c1ccccc1C=Cc1n[nH]c2ccccc12. The third-order valence-corrected chi connectivity index (χ3v) is 4.16. The van der Waals surface area contributed by atoms with E-state index in [1.165, 1.54) is 0 Å². The van der Waals surface area contributed by atoms with Gasteiger partial charge in [-0.3, -0.25) is 9.89 Å². The van der Waals surface area contributed by atoms with Gasteiger partial charge in [0, 0.05) is 16.6 Å². The number of aromatic nitrogens is 2. The molecule has 1 amide bonds. The quantitative estimate of drug-likeness (QED) is 0.550. The Labute approximate surface area is 151 Å². The van der Waals surface area contributed by atoms with Crippen LogP contribution in [-0.4, -0.2) is 16.1 Å². The minimum absolute atomic E-state index is 0.136. The number of H-pyrrole nitrogens is 1. The predicted molar refractivity (Wildman–Crippen MR) is 106 cm³/mol. The van der Waals surface area contributed by atoms with Gasteiger partial charge in [-0.15, -0.1) is 0 Å². The summed E-state index contributed by atoms with van der Waals surface area (Å²) in [7, 11) is 0. The molecule has 2 N–H and O–H groups in total. The summed E-state index contributed by atoms with van der Waals surface area (Å²) in [5, 5.41) is 11.3. The summed E-state index contributed by atoms with van der Waals surface area (Å²) in [4.78, 5) is 12.6. The molecule has 0 spiro atoms. The molecule has 126 valence electrons. The fraction of sp³-hybridized carbons (Fsp3) is 0. The van der Waals surface area contributed by atoms with Crippen LogP contribution < -0.4 is 5.32 Å². The van der Waals surface area contributed by atoms with Crippen molar-refractivity contribution in [1.29, 1.82) is 0 Å². The van der Waals surface area contributed by atoms with E-state index < -0.39 is 0 Å². The molecule has 4 aromatic rings. The molecule has 4 rings (SSSR count). The van der Waals surface area contributed by atoms with Crippen molar-refractivity contribution in [3.8, 4) is 0 Å². The van der Waals surface area contributed by atoms with Crippen LogP contribution in [0.25, 0.3) is 23.1 Å². The molecule has 1 aromatic heterocycles. The Morgan fingerprint density at radius 1 is 0.846 bits per heavy atom. The number of benzene rings is 3. The molecule has 0 unspecified atom stereocenters. The van der Waals surface area contributed by atoms with E-state index in [2.05, 4.69) is 15.5 Å². The van der Waals surface area contributed by atoms with Gasteiger partial charge in [0.2, 0.25) is 0 Å². The third kappa shape index (κ3) is 3.26. The highest BCUT2D eigenvalue weighted by Crippen LogP contribution is 2.19. The molecule has 1 heterocycles. The van der Waals surface area contributed by atoms with Crippen LogP contribution in [0, 0.1) is 0 Å². The van der Waals surface area contributed by atoms with E-state index >= 15 is 0 Å². The zero-order chi connectivity index (χ0) is 17.8. The number of hydrogen-bond acceptors (Lipinski definition) is 2. The average Bonchev–Trinajstić information content (AvgIpc) is 3.10. The first-order valence-corrected chi connectivity index (χ1v) is 8.38. The average molecular weight is 339 g/mol. The number of para-hydroxylation sites is 2. The molecule has 0 saturated carbocycles. The Morgan fingerprint density at radius 3 is 2.46 bits per heavy atom. The molecule has 0 radical (unpaired) electrons. The van der Waals surface area contributed by atoms with Crippen molar-refractivity contribution in [2.75, 3.05) is 5.32 Å². The maximum atomic E-state index is 12.6. The first-order chi connectivity index (χ1) is 12.8. The highest BCUT2D eigenvalue weighted by molar-refractivity contribution is 6.07. The molecule has 0 aliphatic rings. The number of hydrogen-bond donors (Lipinski definition) is 2. The number of rotatable bonds is 4. The second-order valence-electron chi connectivity index (χ2n) is 5.90. The standard InChI is InChI=1S/C22H17N3O/c26-22(23-17-9-2-1-3-10-17)18-11-5-4-8-16(18)14-15-21-19-12-6-7-13-20(19)24-25-21/h1-15H,(H,23,26)(H,24,25). The molecule has 0 aliphatic carbocycles. The Bertz CT molecular complexity index is 1080. The van der Waals surface area contributed by atoms with Crippen LogP contribution in [0.1, 0.15) is 21.6 Å². The highest BCUT2D eigenvalue weighted by atomic mass is 16.1. The van der Waals surface area contributed by atoms with Crippen LogP contribution in [0.15, 0.2) is 78.9 Å². The Balaban J connectivity index is 1.62. The fourth-order valence-electron chi connectivity index (χ4n) is 2.85. The summed E-state index contributed by atoms with van der Waals surface area (Å²) in [6, 6.07) is 24.9. The van der Waals surface area contributed by atoms with Gasteiger partial charge in [0.25, 0.3) is 5.91 Å². The molecule has 26 heavy (non-hydrogen) atoms. The molecular formula is C22H17N3O. The Hall–Kier alpha value is -3.66. The summed E-state index contributed by atoms with van der Waals surface area (Å²) in [5.41, 5.74) is 4.07. The molecule has 0 atom stereocenters. The zero-order valence-corrected chi connectivity index (χ0v) is 14.0. The number of anilines is 1. The molecule has 0 aliphatic heterocycles. The van der Waals surface area contributed by atoms with Gasteiger partial charge in [-0.1, -0.05) is 60.7 Å². The van der Waals surface area contributed by atoms with Crippen LogP contribution in [0.2, 0.25) is 0 Å². The summed E-state index contributed by atoms with van der Waals surface area (Å²) < 4.78 is 0. The van der Waals surface area contributed by atoms with E-state index in [4.69, 9.17) is 0 Å². The Kier molecular flexibility index (Phi) is 4.31. The number of nitrogens with one attached hydrogen (secondary N) is 2. The number of nitrogens with zero attached hydrogens (tertiary/aromatic N) is 1. The number of carbonyl (C=O) groups is 1. The summed E-state index contributed by atoms with van der Waals surface area (Å²) in [6.45, 7) is 0. The van der Waals surface area contributed by atoms with Gasteiger partial charge < -0.3 is 5.32 Å². The monoisotopic (exact) mass is 339 g/mol. The van der Waals surface area contributed by atoms with Crippen LogP contribution in [0.4, 0.5) is 5.69 Å². The molecular weight excluding hydrogens is 322 g/mol. The number of fused-ring (bicyclic) bond motifs is 1. The largest absolute Gasteiger partial charge is 0.322 e. The van der Waals surface area contributed by atoms with Crippen molar-refractivity contribution < 1.29 is 4.79 Å². The van der Waals surface area contributed by atoms with Gasteiger partial charge in [0.05, 0.1) is 11.2 Å². The fourth-order valence-corrected chi connectivity index (χ4v) is 2.85. The van der Waals surface area contributed by atoms with Crippen molar-refractivity contribution in [1.82, 2.24) is 10.2 Å². The first kappa shape index (κ1) is 15.8. The van der Waals surface area contributed by atoms with E-state index in [0.29, 0.717) is 5.56 Å². The topological polar surface area (TPSA) is 57.8 Å². The van der Waals surface area contributed by atoms with Gasteiger partial charge >= 0.3 is 0 Å². The predicted octanol–water partition coefficient (Wildman–Crippen LogP) is 4.99. The summed E-state index contributed by atoms with van der Waals surface area (Å²) >= 11 is 0. The number of aromatic amines is 1. The second-order valence-corrected chi connectivity index (χ2v) is 5.90. The van der Waals surface area contributed by atoms with Crippen molar-refractivity contribution >= 4 is 34.6 Å². The highest BCUT2D eigenvalue weighted by Gasteiger charge is 2.10. The van der Waals surface area contributed by atoms with E-state index in [1.54, 1.807) is 0 Å². The molecule has 4 heteroatoms. The van der Waals surface area contributed by atoms with Crippen LogP contribution >= 0.6 is 0 Å². The normalized spacial score (nSPS) is 11.1. The van der Waals surface area contributed by atoms with Gasteiger partial charge in [-0.2, -0.15) is 5.10 Å². The van der Waals surface area contributed by atoms with E-state index in [0.717, 1.165) is 27.8 Å². The maximum absolute atomic E-state index is 12.6. The number of amides is 1. The Morgan fingerprint density at radius 2 is 1.58 bits per heavy atom. The molecule has 0 bridgehead atoms. The lowest BCUT2D eigenvalue weighted by atomic mass is 10.1. The molecule has 0 fully saturated rings. The number of carbonyl (C=O) groups excluding carboxylic acids is 1. The molecule has 4 nitrogen and oxygen atoms in total. The molecule has 3 aromatic carbocycles. The minimum Gasteiger partial charge on any atom is -0.322 e. The summed E-state index contributed by atoms with van der Waals surface area (Å²) in [6.07, 6.45) is 3.84. The van der Waals surface area contributed by atoms with Crippen LogP contribution in [0.3, 0.4) is 0 Å². The van der Waals surface area contributed by atoms with Crippen molar-refractivity contribution in [2.45, 2.75) is 0 Å². The lowest BCUT2D eigenvalue weighted by Crippen LogP contribution is -2.13. The third-order valence-electron chi connectivity index (χ3n) is 4.16. The van der Waals surface area contributed by atoms with Crippen molar-refractivity contribution in [2.24, 2.45) is 0 Å². The van der Waals surface area contributed by atoms with Crippen LogP contribution in [0.5, 0.6) is 0 Å². The van der Waals surface area contributed by atoms with Gasteiger partial charge in [0.15, 0.2) is 0 Å². The van der Waals surface area contributed by atoms with Crippen molar-refractivity contribution in [3.05, 3.63) is 95.7 Å². The maximum Gasteiger partial charge on any atom is 0.256 e. The zero-order valence-electron chi connectivity index (χ0n) is 14.0. The summed E-state index contributed by atoms with van der Waals surface area (Å²) in [5.74, 6) is -0.136. The molecule has 0 saturated heterocycles. The van der Waals surface area contributed by atoms with Gasteiger partial charge in [0.1, 0.15) is 0 Å². The second kappa shape index (κ2) is 7.07. The van der Waals surface area contributed by atoms with E-state index in [-0.39, 0.29) is 5.91 Å². The van der Waals surface area contributed by atoms with E-state index in [9.17, 15) is 4.79 Å². The van der Waals surface area contributed by atoms with Crippen LogP contribution in [-0.2, 0) is 0 Å². The van der Waals surface area contributed by atoms with Gasteiger partial charge in [-0.25, -0.2) is 0 Å². The first-order valence-electron chi connectivity index (χ1n) is 8.38.